The third-order valence-corrected chi connectivity index (χ3v) is 6.73. The number of alkyl halides is 3. The standard InChI is InChI=1S/C23H27F3N2O4S/c1-15(2)11-12-28-19-13-17(7-10-20(19)32-14-22(3,4)21(28)29)27-33(30,31)18-8-5-16(6-9-18)23(24,25)26/h5-10,13,15,27H,11-12,14H2,1-4H3. The number of fused-ring (bicyclic) bond motifs is 1. The third kappa shape index (κ3) is 5.61. The number of sulfonamides is 1. The van der Waals surface area contributed by atoms with E-state index >= 15 is 0 Å². The topological polar surface area (TPSA) is 75.7 Å². The van der Waals surface area contributed by atoms with Crippen molar-refractivity contribution in [3.63, 3.8) is 0 Å². The van der Waals surface area contributed by atoms with Crippen molar-refractivity contribution in [2.24, 2.45) is 11.3 Å². The fraction of sp³-hybridized carbons (Fsp3) is 0.435. The van der Waals surface area contributed by atoms with Crippen molar-refractivity contribution >= 4 is 27.3 Å². The lowest BCUT2D eigenvalue weighted by molar-refractivity contribution is -0.137. The largest absolute Gasteiger partial charge is 0.490 e. The second-order valence-corrected chi connectivity index (χ2v) is 10.8. The Labute approximate surface area is 191 Å². The molecular weight excluding hydrogens is 457 g/mol. The Morgan fingerprint density at radius 2 is 1.76 bits per heavy atom. The van der Waals surface area contributed by atoms with Gasteiger partial charge in [-0.1, -0.05) is 13.8 Å². The molecule has 0 bridgehead atoms. The Bertz CT molecular complexity index is 1130. The maximum absolute atomic E-state index is 13.2. The summed E-state index contributed by atoms with van der Waals surface area (Å²) in [7, 11) is -4.15. The van der Waals surface area contributed by atoms with Gasteiger partial charge in [0, 0.05) is 6.54 Å². The first-order chi connectivity index (χ1) is 15.2. The number of hydrogen-bond acceptors (Lipinski definition) is 4. The molecule has 1 aliphatic heterocycles. The normalized spacial score (nSPS) is 16.2. The first kappa shape index (κ1) is 24.9. The van der Waals surface area contributed by atoms with Crippen LogP contribution in [0, 0.1) is 11.3 Å². The lowest BCUT2D eigenvalue weighted by atomic mass is 9.92. The van der Waals surface area contributed by atoms with Crippen LogP contribution in [0.1, 0.15) is 39.7 Å². The number of rotatable bonds is 6. The minimum Gasteiger partial charge on any atom is -0.490 e. The first-order valence-electron chi connectivity index (χ1n) is 10.5. The number of benzene rings is 2. The van der Waals surface area contributed by atoms with E-state index in [9.17, 15) is 26.4 Å². The van der Waals surface area contributed by atoms with E-state index in [0.717, 1.165) is 18.6 Å². The summed E-state index contributed by atoms with van der Waals surface area (Å²) < 4.78 is 72.1. The Morgan fingerprint density at radius 3 is 2.33 bits per heavy atom. The Morgan fingerprint density at radius 1 is 1.12 bits per heavy atom. The highest BCUT2D eigenvalue weighted by molar-refractivity contribution is 7.92. The number of hydrogen-bond donors (Lipinski definition) is 1. The summed E-state index contributed by atoms with van der Waals surface area (Å²) in [4.78, 5) is 14.5. The zero-order chi connectivity index (χ0) is 24.6. The predicted octanol–water partition coefficient (Wildman–Crippen LogP) is 5.30. The van der Waals surface area contributed by atoms with Gasteiger partial charge in [0.15, 0.2) is 0 Å². The van der Waals surface area contributed by atoms with Crippen LogP contribution in [-0.2, 0) is 21.0 Å². The SMILES string of the molecule is CC(C)CCN1C(=O)C(C)(C)COc2ccc(NS(=O)(=O)c3ccc(C(F)(F)F)cc3)cc21. The van der Waals surface area contributed by atoms with E-state index in [-0.39, 0.29) is 23.1 Å². The van der Waals surface area contributed by atoms with Gasteiger partial charge in [-0.05, 0) is 68.7 Å². The molecule has 0 saturated carbocycles. The molecule has 0 spiro atoms. The van der Waals surface area contributed by atoms with E-state index in [1.807, 2.05) is 13.8 Å². The molecule has 0 unspecified atom stereocenters. The average molecular weight is 485 g/mol. The van der Waals surface area contributed by atoms with Gasteiger partial charge < -0.3 is 9.64 Å². The second-order valence-electron chi connectivity index (χ2n) is 9.12. The molecule has 10 heteroatoms. The molecule has 180 valence electrons. The van der Waals surface area contributed by atoms with Gasteiger partial charge in [-0.25, -0.2) is 8.42 Å². The zero-order valence-electron chi connectivity index (χ0n) is 18.9. The second kappa shape index (κ2) is 8.89. The first-order valence-corrected chi connectivity index (χ1v) is 12.0. The van der Waals surface area contributed by atoms with Crippen LogP contribution in [0.2, 0.25) is 0 Å². The van der Waals surface area contributed by atoms with Crippen molar-refractivity contribution in [1.82, 2.24) is 0 Å². The monoisotopic (exact) mass is 484 g/mol. The molecule has 2 aromatic carbocycles. The number of ether oxygens (including phenoxy) is 1. The van der Waals surface area contributed by atoms with Crippen LogP contribution in [0.25, 0.3) is 0 Å². The van der Waals surface area contributed by atoms with Crippen molar-refractivity contribution < 1.29 is 31.1 Å². The van der Waals surface area contributed by atoms with Crippen LogP contribution in [0.5, 0.6) is 5.75 Å². The van der Waals surface area contributed by atoms with Crippen LogP contribution >= 0.6 is 0 Å². The molecule has 0 atom stereocenters. The summed E-state index contributed by atoms with van der Waals surface area (Å²) >= 11 is 0. The molecule has 33 heavy (non-hydrogen) atoms. The molecule has 1 aliphatic rings. The Balaban J connectivity index is 1.93. The minimum atomic E-state index is -4.56. The molecule has 0 aromatic heterocycles. The maximum atomic E-state index is 13.2. The number of nitrogens with zero attached hydrogens (tertiary/aromatic N) is 1. The molecule has 0 saturated heterocycles. The molecule has 1 N–H and O–H groups in total. The number of carbonyl (C=O) groups excluding carboxylic acids is 1. The number of halogens is 3. The van der Waals surface area contributed by atoms with Crippen LogP contribution in [0.4, 0.5) is 24.5 Å². The maximum Gasteiger partial charge on any atom is 0.416 e. The number of carbonyl (C=O) groups is 1. The fourth-order valence-corrected chi connectivity index (χ4v) is 4.40. The Hall–Kier alpha value is -2.75. The van der Waals surface area contributed by atoms with Gasteiger partial charge in [0.05, 0.1) is 27.2 Å². The molecule has 0 aliphatic carbocycles. The highest BCUT2D eigenvalue weighted by atomic mass is 32.2. The molecule has 0 fully saturated rings. The molecule has 2 aromatic rings. The van der Waals surface area contributed by atoms with Crippen molar-refractivity contribution in [2.45, 2.75) is 45.2 Å². The van der Waals surface area contributed by atoms with Gasteiger partial charge in [-0.3, -0.25) is 9.52 Å². The highest BCUT2D eigenvalue weighted by Gasteiger charge is 2.38. The van der Waals surface area contributed by atoms with Crippen molar-refractivity contribution in [1.29, 1.82) is 0 Å². The molecule has 6 nitrogen and oxygen atoms in total. The van der Waals surface area contributed by atoms with Crippen LogP contribution in [-0.4, -0.2) is 27.5 Å². The van der Waals surface area contributed by atoms with E-state index in [1.165, 1.54) is 12.1 Å². The van der Waals surface area contributed by atoms with Gasteiger partial charge in [0.25, 0.3) is 10.0 Å². The van der Waals surface area contributed by atoms with Crippen molar-refractivity contribution in [2.75, 3.05) is 22.8 Å². The number of amides is 1. The van der Waals surface area contributed by atoms with E-state index in [2.05, 4.69) is 4.72 Å². The average Bonchev–Trinajstić information content (AvgIpc) is 2.80. The van der Waals surface area contributed by atoms with Crippen LogP contribution in [0.15, 0.2) is 47.4 Å². The van der Waals surface area contributed by atoms with Crippen LogP contribution < -0.4 is 14.4 Å². The molecule has 1 amide bonds. The van der Waals surface area contributed by atoms with Crippen molar-refractivity contribution in [3.05, 3.63) is 48.0 Å². The van der Waals surface area contributed by atoms with Gasteiger partial charge in [-0.2, -0.15) is 13.2 Å². The highest BCUT2D eigenvalue weighted by Crippen LogP contribution is 2.39. The number of nitrogens with one attached hydrogen (secondary N) is 1. The molecular formula is C23H27F3N2O4S. The molecule has 3 rings (SSSR count). The lowest BCUT2D eigenvalue weighted by Gasteiger charge is -2.28. The fourth-order valence-electron chi connectivity index (χ4n) is 3.35. The minimum absolute atomic E-state index is 0.135. The summed E-state index contributed by atoms with van der Waals surface area (Å²) in [5.74, 6) is 0.662. The van der Waals surface area contributed by atoms with Gasteiger partial charge in [0.2, 0.25) is 5.91 Å². The van der Waals surface area contributed by atoms with Crippen LogP contribution in [0.3, 0.4) is 0 Å². The third-order valence-electron chi connectivity index (χ3n) is 5.34. The summed E-state index contributed by atoms with van der Waals surface area (Å²) in [6.07, 6.45) is -3.82. The van der Waals surface area contributed by atoms with E-state index < -0.39 is 27.2 Å². The molecule has 1 heterocycles. The van der Waals surface area contributed by atoms with Crippen molar-refractivity contribution in [3.8, 4) is 5.75 Å². The zero-order valence-corrected chi connectivity index (χ0v) is 19.7. The quantitative estimate of drug-likeness (QED) is 0.604. The van der Waals surface area contributed by atoms with Gasteiger partial charge in [-0.15, -0.1) is 0 Å². The predicted molar refractivity (Wildman–Crippen MR) is 120 cm³/mol. The summed E-state index contributed by atoms with van der Waals surface area (Å²) in [5, 5.41) is 0. The summed E-state index contributed by atoms with van der Waals surface area (Å²) in [6.45, 7) is 8.27. The van der Waals surface area contributed by atoms with E-state index in [1.54, 1.807) is 24.8 Å². The smallest absolute Gasteiger partial charge is 0.416 e. The Kier molecular flexibility index (Phi) is 6.70. The van der Waals surface area contributed by atoms with Gasteiger partial charge >= 0.3 is 6.18 Å². The summed E-state index contributed by atoms with van der Waals surface area (Å²) in [5.41, 5.74) is -1.10. The van der Waals surface area contributed by atoms with E-state index in [4.69, 9.17) is 4.74 Å². The van der Waals surface area contributed by atoms with Gasteiger partial charge in [0.1, 0.15) is 12.4 Å². The lowest BCUT2D eigenvalue weighted by Crippen LogP contribution is -2.42. The number of anilines is 2. The van der Waals surface area contributed by atoms with E-state index in [0.29, 0.717) is 36.0 Å². The molecule has 0 radical (unpaired) electrons. The summed E-state index contributed by atoms with van der Waals surface area (Å²) in [6, 6.07) is 7.82.